The number of pyridine rings is 1. The van der Waals surface area contributed by atoms with Crippen molar-refractivity contribution in [1.29, 1.82) is 0 Å². The van der Waals surface area contributed by atoms with E-state index in [9.17, 15) is 14.4 Å². The average molecular weight is 329 g/mol. The summed E-state index contributed by atoms with van der Waals surface area (Å²) in [5.41, 5.74) is -0.493. The fourth-order valence-electron chi connectivity index (χ4n) is 3.13. The fraction of sp³-hybridized carbons (Fsp3) is 0.375. The number of rotatable bonds is 1. The fourth-order valence-corrected chi connectivity index (χ4v) is 3.13. The number of hydrogen-bond donors (Lipinski definition) is 0. The third kappa shape index (κ3) is 2.31. The molecular formula is C16H15N3O5. The molecule has 4 rings (SSSR count). The lowest BCUT2D eigenvalue weighted by Gasteiger charge is -2.36. The predicted molar refractivity (Wildman–Crippen MR) is 81.8 cm³/mol. The molecule has 2 saturated heterocycles. The molecule has 0 saturated carbocycles. The molecule has 124 valence electrons. The molecule has 4 heterocycles. The topological polar surface area (TPSA) is 90.2 Å². The van der Waals surface area contributed by atoms with Crippen molar-refractivity contribution < 1.29 is 19.1 Å². The van der Waals surface area contributed by atoms with E-state index >= 15 is 0 Å². The van der Waals surface area contributed by atoms with Gasteiger partial charge in [-0.05, 0) is 12.1 Å². The summed E-state index contributed by atoms with van der Waals surface area (Å²) in [5.74, 6) is -0.356. The number of carbonyl (C=O) groups is 2. The SMILES string of the molecule is O=C1OCC2(CCN(C(=O)c3cnc4ccccn4c3=O)CC2)O1. The molecule has 0 aromatic carbocycles. The third-order valence-corrected chi connectivity index (χ3v) is 4.56. The number of fused-ring (bicyclic) bond motifs is 1. The highest BCUT2D eigenvalue weighted by atomic mass is 16.8. The number of nitrogens with zero attached hydrogens (tertiary/aromatic N) is 3. The molecule has 0 aliphatic carbocycles. The highest BCUT2D eigenvalue weighted by Crippen LogP contribution is 2.31. The molecule has 24 heavy (non-hydrogen) atoms. The minimum Gasteiger partial charge on any atom is -0.430 e. The van der Waals surface area contributed by atoms with Gasteiger partial charge in [-0.3, -0.25) is 14.0 Å². The largest absolute Gasteiger partial charge is 0.509 e. The molecule has 0 unspecified atom stereocenters. The van der Waals surface area contributed by atoms with Gasteiger partial charge in [0, 0.05) is 38.3 Å². The Morgan fingerprint density at radius 1 is 1.21 bits per heavy atom. The smallest absolute Gasteiger partial charge is 0.430 e. The van der Waals surface area contributed by atoms with E-state index in [-0.39, 0.29) is 23.6 Å². The Kier molecular flexibility index (Phi) is 3.26. The van der Waals surface area contributed by atoms with Crippen LogP contribution >= 0.6 is 0 Å². The number of cyclic esters (lactones) is 1. The van der Waals surface area contributed by atoms with Gasteiger partial charge in [-0.1, -0.05) is 6.07 Å². The summed E-state index contributed by atoms with van der Waals surface area (Å²) in [6.45, 7) is 1.01. The van der Waals surface area contributed by atoms with Gasteiger partial charge in [-0.25, -0.2) is 9.78 Å². The molecule has 2 aromatic rings. The van der Waals surface area contributed by atoms with Gasteiger partial charge < -0.3 is 14.4 Å². The quantitative estimate of drug-likeness (QED) is 0.720. The van der Waals surface area contributed by atoms with Crippen molar-refractivity contribution in [3.63, 3.8) is 0 Å². The average Bonchev–Trinajstić information content (AvgIpc) is 2.96. The molecular weight excluding hydrogens is 314 g/mol. The van der Waals surface area contributed by atoms with Crippen molar-refractivity contribution in [2.45, 2.75) is 18.4 Å². The van der Waals surface area contributed by atoms with Crippen molar-refractivity contribution in [3.8, 4) is 0 Å². The Balaban J connectivity index is 1.56. The van der Waals surface area contributed by atoms with E-state index in [1.54, 1.807) is 29.3 Å². The first kappa shape index (κ1) is 14.7. The van der Waals surface area contributed by atoms with Gasteiger partial charge in [0.05, 0.1) is 0 Å². The second-order valence-electron chi connectivity index (χ2n) is 6.02. The lowest BCUT2D eigenvalue weighted by atomic mass is 9.92. The maximum Gasteiger partial charge on any atom is 0.509 e. The molecule has 8 nitrogen and oxygen atoms in total. The maximum absolute atomic E-state index is 12.7. The summed E-state index contributed by atoms with van der Waals surface area (Å²) in [6, 6.07) is 5.19. The lowest BCUT2D eigenvalue weighted by molar-refractivity contribution is 0.00275. The predicted octanol–water partition coefficient (Wildman–Crippen LogP) is 0.836. The van der Waals surface area contributed by atoms with E-state index < -0.39 is 11.8 Å². The van der Waals surface area contributed by atoms with E-state index in [1.807, 2.05) is 0 Å². The molecule has 2 aliphatic rings. The van der Waals surface area contributed by atoms with Gasteiger partial charge in [0.2, 0.25) is 0 Å². The van der Waals surface area contributed by atoms with Gasteiger partial charge in [-0.2, -0.15) is 0 Å². The van der Waals surface area contributed by atoms with Gasteiger partial charge >= 0.3 is 6.16 Å². The van der Waals surface area contributed by atoms with Crippen LogP contribution in [-0.4, -0.2) is 51.6 Å². The zero-order valence-electron chi connectivity index (χ0n) is 12.8. The number of hydrogen-bond acceptors (Lipinski definition) is 6. The van der Waals surface area contributed by atoms with Crippen LogP contribution in [0.4, 0.5) is 4.79 Å². The number of piperidine rings is 1. The maximum atomic E-state index is 12.7. The number of aromatic nitrogens is 2. The van der Waals surface area contributed by atoms with Gasteiger partial charge in [-0.15, -0.1) is 0 Å². The molecule has 0 radical (unpaired) electrons. The van der Waals surface area contributed by atoms with Crippen LogP contribution in [0.3, 0.4) is 0 Å². The van der Waals surface area contributed by atoms with E-state index in [2.05, 4.69) is 4.98 Å². The molecule has 1 spiro atoms. The van der Waals surface area contributed by atoms with E-state index in [4.69, 9.17) is 9.47 Å². The van der Waals surface area contributed by atoms with Crippen LogP contribution < -0.4 is 5.56 Å². The van der Waals surface area contributed by atoms with Crippen LogP contribution in [0.1, 0.15) is 23.2 Å². The van der Waals surface area contributed by atoms with Gasteiger partial charge in [0.1, 0.15) is 17.8 Å². The zero-order chi connectivity index (χ0) is 16.7. The molecule has 0 bridgehead atoms. The first-order valence-electron chi connectivity index (χ1n) is 7.69. The van der Waals surface area contributed by atoms with Crippen molar-refractivity contribution in [2.75, 3.05) is 19.7 Å². The van der Waals surface area contributed by atoms with Gasteiger partial charge in [0.15, 0.2) is 5.60 Å². The van der Waals surface area contributed by atoms with E-state index in [1.165, 1.54) is 10.6 Å². The van der Waals surface area contributed by atoms with Crippen LogP contribution in [0.5, 0.6) is 0 Å². The molecule has 0 atom stereocenters. The molecule has 2 aromatic heterocycles. The van der Waals surface area contributed by atoms with Crippen LogP contribution in [0.25, 0.3) is 5.65 Å². The van der Waals surface area contributed by atoms with Crippen molar-refractivity contribution in [1.82, 2.24) is 14.3 Å². The summed E-state index contributed by atoms with van der Waals surface area (Å²) in [7, 11) is 0. The summed E-state index contributed by atoms with van der Waals surface area (Å²) in [6.07, 6.45) is 3.23. The Bertz CT molecular complexity index is 883. The minimum absolute atomic E-state index is 0.0364. The van der Waals surface area contributed by atoms with Crippen LogP contribution in [-0.2, 0) is 9.47 Å². The van der Waals surface area contributed by atoms with Gasteiger partial charge in [0.25, 0.3) is 11.5 Å². The zero-order valence-corrected chi connectivity index (χ0v) is 12.8. The van der Waals surface area contributed by atoms with Crippen LogP contribution in [0.15, 0.2) is 35.4 Å². The lowest BCUT2D eigenvalue weighted by Crippen LogP contribution is -2.49. The number of ether oxygens (including phenoxy) is 2. The van der Waals surface area contributed by atoms with Crippen molar-refractivity contribution >= 4 is 17.7 Å². The monoisotopic (exact) mass is 329 g/mol. The molecule has 0 N–H and O–H groups in total. The number of likely N-dealkylation sites (tertiary alicyclic amines) is 1. The standard InChI is InChI=1S/C16H15N3O5/c20-13(11-9-17-12-3-1-2-6-19(12)14(11)21)18-7-4-16(5-8-18)10-23-15(22)24-16/h1-3,6,9H,4-5,7-8,10H2. The first-order valence-corrected chi connectivity index (χ1v) is 7.69. The molecule has 8 heteroatoms. The molecule has 1 amide bonds. The summed E-state index contributed by atoms with van der Waals surface area (Å²) >= 11 is 0. The van der Waals surface area contributed by atoms with Crippen molar-refractivity contribution in [3.05, 3.63) is 46.5 Å². The van der Waals surface area contributed by atoms with Crippen LogP contribution in [0.2, 0.25) is 0 Å². The number of amides is 1. The highest BCUT2D eigenvalue weighted by Gasteiger charge is 2.45. The van der Waals surface area contributed by atoms with Crippen molar-refractivity contribution in [2.24, 2.45) is 0 Å². The third-order valence-electron chi connectivity index (χ3n) is 4.56. The summed E-state index contributed by atoms with van der Waals surface area (Å²) < 4.78 is 11.4. The Morgan fingerprint density at radius 3 is 2.71 bits per heavy atom. The first-order chi connectivity index (χ1) is 11.6. The Morgan fingerprint density at radius 2 is 2.00 bits per heavy atom. The summed E-state index contributed by atoms with van der Waals surface area (Å²) in [5, 5.41) is 0. The number of carbonyl (C=O) groups excluding carboxylic acids is 2. The Hall–Kier alpha value is -2.90. The van der Waals surface area contributed by atoms with Crippen LogP contribution in [0, 0.1) is 0 Å². The normalized spacial score (nSPS) is 19.3. The Labute approximate surface area is 136 Å². The molecule has 2 fully saturated rings. The second kappa shape index (κ2) is 5.33. The molecule has 2 aliphatic heterocycles. The van der Waals surface area contributed by atoms with E-state index in [0.717, 1.165) is 0 Å². The highest BCUT2D eigenvalue weighted by molar-refractivity contribution is 5.93. The second-order valence-corrected chi connectivity index (χ2v) is 6.02. The summed E-state index contributed by atoms with van der Waals surface area (Å²) in [4.78, 5) is 42.1. The van der Waals surface area contributed by atoms with E-state index in [0.29, 0.717) is 31.6 Å². The minimum atomic E-state index is -0.660.